The standard InChI is InChI=1S/C23H27N7O2/c1-14-12-30(19(15-6-3-2-4-7-15)13-29(14)16-8-5-9-16)23(32)22(31)27-18-11-25-21(24)17-10-26-28-20(17)18/h2-4,6-7,10-11,14,16,19H,5,8-9,12-13H2,1H3,(H2,24,25)(H,26,28)(H,27,31). The molecular weight excluding hydrogens is 406 g/mol. The van der Waals surface area contributed by atoms with Crippen molar-refractivity contribution in [1.82, 2.24) is 25.0 Å². The van der Waals surface area contributed by atoms with Crippen LogP contribution in [0.1, 0.15) is 37.8 Å². The minimum absolute atomic E-state index is 0.179. The lowest BCUT2D eigenvalue weighted by Crippen LogP contribution is -2.60. The van der Waals surface area contributed by atoms with E-state index in [2.05, 4.69) is 32.3 Å². The summed E-state index contributed by atoms with van der Waals surface area (Å²) in [4.78, 5) is 34.7. The first-order valence-electron chi connectivity index (χ1n) is 11.0. The fourth-order valence-corrected chi connectivity index (χ4v) is 4.76. The summed E-state index contributed by atoms with van der Waals surface area (Å²) in [5.74, 6) is -0.950. The van der Waals surface area contributed by atoms with Gasteiger partial charge in [0.05, 0.1) is 23.3 Å². The number of nitrogens with one attached hydrogen (secondary N) is 2. The number of aromatic nitrogens is 3. The average Bonchev–Trinajstić information content (AvgIpc) is 3.27. The van der Waals surface area contributed by atoms with E-state index in [1.807, 2.05) is 30.3 Å². The first-order chi connectivity index (χ1) is 15.5. The highest BCUT2D eigenvalue weighted by Gasteiger charge is 2.41. The maximum absolute atomic E-state index is 13.4. The van der Waals surface area contributed by atoms with Gasteiger partial charge in [-0.1, -0.05) is 36.8 Å². The molecule has 1 saturated heterocycles. The summed E-state index contributed by atoms with van der Waals surface area (Å²) < 4.78 is 0. The number of nitrogens with two attached hydrogens (primary N) is 1. The van der Waals surface area contributed by atoms with Crippen molar-refractivity contribution in [2.75, 3.05) is 24.1 Å². The van der Waals surface area contributed by atoms with Crippen LogP contribution < -0.4 is 11.1 Å². The van der Waals surface area contributed by atoms with Crippen LogP contribution >= 0.6 is 0 Å². The number of amides is 2. The molecule has 2 aliphatic rings. The number of nitrogens with zero attached hydrogens (tertiary/aromatic N) is 4. The van der Waals surface area contributed by atoms with Crippen LogP contribution in [0.3, 0.4) is 0 Å². The Bertz CT molecular complexity index is 1140. The van der Waals surface area contributed by atoms with E-state index in [9.17, 15) is 9.59 Å². The van der Waals surface area contributed by atoms with E-state index in [4.69, 9.17) is 5.73 Å². The summed E-state index contributed by atoms with van der Waals surface area (Å²) in [6, 6.07) is 10.5. The van der Waals surface area contributed by atoms with E-state index >= 15 is 0 Å². The van der Waals surface area contributed by atoms with Gasteiger partial charge in [-0.3, -0.25) is 19.6 Å². The fourth-order valence-electron chi connectivity index (χ4n) is 4.76. The molecule has 3 heterocycles. The molecule has 1 saturated carbocycles. The number of H-pyrrole nitrogens is 1. The lowest BCUT2D eigenvalue weighted by Gasteiger charge is -2.50. The van der Waals surface area contributed by atoms with Gasteiger partial charge in [0.25, 0.3) is 0 Å². The van der Waals surface area contributed by atoms with Gasteiger partial charge in [-0.25, -0.2) is 4.98 Å². The summed E-state index contributed by atoms with van der Waals surface area (Å²) in [5.41, 5.74) is 7.73. The Morgan fingerprint density at radius 3 is 2.69 bits per heavy atom. The van der Waals surface area contributed by atoms with Crippen molar-refractivity contribution in [3.05, 3.63) is 48.3 Å². The molecule has 2 unspecified atom stereocenters. The molecule has 1 aromatic carbocycles. The van der Waals surface area contributed by atoms with E-state index in [0.717, 1.165) is 12.1 Å². The topological polar surface area (TPSA) is 120 Å². The van der Waals surface area contributed by atoms with Crippen LogP contribution in [-0.4, -0.2) is 62.0 Å². The van der Waals surface area contributed by atoms with E-state index in [0.29, 0.717) is 35.0 Å². The Morgan fingerprint density at radius 1 is 1.19 bits per heavy atom. The van der Waals surface area contributed by atoms with Crippen LogP contribution in [0.5, 0.6) is 0 Å². The van der Waals surface area contributed by atoms with Gasteiger partial charge in [-0.15, -0.1) is 0 Å². The van der Waals surface area contributed by atoms with Crippen LogP contribution in [0.4, 0.5) is 11.5 Å². The van der Waals surface area contributed by atoms with E-state index in [1.165, 1.54) is 25.5 Å². The zero-order chi connectivity index (χ0) is 22.2. The number of aromatic amines is 1. The number of pyridine rings is 1. The van der Waals surface area contributed by atoms with Gasteiger partial charge in [-0.05, 0) is 25.3 Å². The van der Waals surface area contributed by atoms with Gasteiger partial charge in [0.1, 0.15) is 11.3 Å². The summed E-state index contributed by atoms with van der Waals surface area (Å²) >= 11 is 0. The number of piperazine rings is 1. The molecule has 0 spiro atoms. The highest BCUT2D eigenvalue weighted by atomic mass is 16.2. The molecule has 3 aromatic rings. The molecule has 0 radical (unpaired) electrons. The number of hydrogen-bond acceptors (Lipinski definition) is 6. The van der Waals surface area contributed by atoms with E-state index < -0.39 is 11.8 Å². The molecule has 1 aliphatic heterocycles. The molecule has 1 aliphatic carbocycles. The van der Waals surface area contributed by atoms with Crippen molar-refractivity contribution in [2.24, 2.45) is 0 Å². The van der Waals surface area contributed by atoms with Gasteiger partial charge in [0, 0.05) is 31.4 Å². The van der Waals surface area contributed by atoms with Crippen molar-refractivity contribution in [3.63, 3.8) is 0 Å². The van der Waals surface area contributed by atoms with Gasteiger partial charge < -0.3 is 16.0 Å². The molecule has 9 heteroatoms. The Labute approximate surface area is 186 Å². The third-order valence-corrected chi connectivity index (χ3v) is 6.72. The van der Waals surface area contributed by atoms with Gasteiger partial charge in [0.15, 0.2) is 0 Å². The second kappa shape index (κ2) is 8.23. The highest BCUT2D eigenvalue weighted by molar-refractivity contribution is 6.40. The zero-order valence-corrected chi connectivity index (χ0v) is 18.0. The van der Waals surface area contributed by atoms with E-state index in [-0.39, 0.29) is 12.1 Å². The second-order valence-electron chi connectivity index (χ2n) is 8.67. The molecule has 2 atom stereocenters. The van der Waals surface area contributed by atoms with Gasteiger partial charge in [0.2, 0.25) is 0 Å². The first kappa shape index (κ1) is 20.4. The van der Waals surface area contributed by atoms with Crippen molar-refractivity contribution in [3.8, 4) is 0 Å². The minimum Gasteiger partial charge on any atom is -0.383 e. The fraction of sp³-hybridized carbons (Fsp3) is 0.391. The molecular formula is C23H27N7O2. The summed E-state index contributed by atoms with van der Waals surface area (Å²) in [6.45, 7) is 3.36. The molecule has 5 rings (SSSR count). The minimum atomic E-state index is -0.703. The number of nitrogen functional groups attached to an aromatic ring is 1. The van der Waals surface area contributed by atoms with Gasteiger partial charge >= 0.3 is 11.8 Å². The van der Waals surface area contributed by atoms with Crippen LogP contribution in [0.15, 0.2) is 42.7 Å². The Hall–Kier alpha value is -3.46. The van der Waals surface area contributed by atoms with Crippen LogP contribution in [0, 0.1) is 0 Å². The number of carbonyl (C=O) groups excluding carboxylic acids is 2. The summed E-state index contributed by atoms with van der Waals surface area (Å²) in [7, 11) is 0. The number of fused-ring (bicyclic) bond motifs is 1. The molecule has 2 aromatic heterocycles. The summed E-state index contributed by atoms with van der Waals surface area (Å²) in [5, 5.41) is 10.1. The van der Waals surface area contributed by atoms with Crippen molar-refractivity contribution >= 4 is 34.2 Å². The monoisotopic (exact) mass is 433 g/mol. The Balaban J connectivity index is 1.40. The quantitative estimate of drug-likeness (QED) is 0.545. The van der Waals surface area contributed by atoms with Crippen LogP contribution in [-0.2, 0) is 9.59 Å². The summed E-state index contributed by atoms with van der Waals surface area (Å²) in [6.07, 6.45) is 6.69. The Morgan fingerprint density at radius 2 is 1.97 bits per heavy atom. The Kier molecular flexibility index (Phi) is 5.26. The number of carbonyl (C=O) groups is 2. The van der Waals surface area contributed by atoms with Crippen LogP contribution in [0.25, 0.3) is 10.9 Å². The molecule has 166 valence electrons. The average molecular weight is 434 g/mol. The molecule has 2 amide bonds. The lowest BCUT2D eigenvalue weighted by atomic mass is 9.88. The molecule has 0 bridgehead atoms. The van der Waals surface area contributed by atoms with E-state index in [1.54, 1.807) is 11.1 Å². The smallest absolute Gasteiger partial charge is 0.314 e. The molecule has 32 heavy (non-hydrogen) atoms. The normalized spacial score (nSPS) is 22.0. The third kappa shape index (κ3) is 3.58. The number of anilines is 2. The maximum Gasteiger partial charge on any atom is 0.314 e. The first-order valence-corrected chi connectivity index (χ1v) is 11.0. The largest absolute Gasteiger partial charge is 0.383 e. The van der Waals surface area contributed by atoms with Crippen molar-refractivity contribution in [1.29, 1.82) is 0 Å². The second-order valence-corrected chi connectivity index (χ2v) is 8.67. The zero-order valence-electron chi connectivity index (χ0n) is 18.0. The van der Waals surface area contributed by atoms with Crippen LogP contribution in [0.2, 0.25) is 0 Å². The third-order valence-electron chi connectivity index (χ3n) is 6.72. The molecule has 2 fully saturated rings. The van der Waals surface area contributed by atoms with Gasteiger partial charge in [-0.2, -0.15) is 5.10 Å². The SMILES string of the molecule is CC1CN(C(=O)C(=O)Nc2cnc(N)c3c[nH]nc23)C(c2ccccc2)CN1C1CCC1. The van der Waals surface area contributed by atoms with Crippen molar-refractivity contribution < 1.29 is 9.59 Å². The number of benzene rings is 1. The molecule has 9 nitrogen and oxygen atoms in total. The number of rotatable bonds is 3. The maximum atomic E-state index is 13.4. The lowest BCUT2D eigenvalue weighted by molar-refractivity contribution is -0.149. The predicted octanol–water partition coefficient (Wildman–Crippen LogP) is 2.31. The molecule has 4 N–H and O–H groups in total. The highest BCUT2D eigenvalue weighted by Crippen LogP contribution is 2.35. The number of hydrogen-bond donors (Lipinski definition) is 3. The predicted molar refractivity (Wildman–Crippen MR) is 122 cm³/mol. The van der Waals surface area contributed by atoms with Crippen molar-refractivity contribution in [2.45, 2.75) is 44.3 Å².